The van der Waals surface area contributed by atoms with Gasteiger partial charge in [-0.2, -0.15) is 10.2 Å². The summed E-state index contributed by atoms with van der Waals surface area (Å²) in [6, 6.07) is 0. The van der Waals surface area contributed by atoms with Crippen molar-refractivity contribution < 1.29 is 8.42 Å². The highest BCUT2D eigenvalue weighted by Crippen LogP contribution is 2.24. The molecule has 1 aliphatic rings. The lowest BCUT2D eigenvalue weighted by molar-refractivity contribution is 0.599. The zero-order valence-corrected chi connectivity index (χ0v) is 12.1. The Bertz CT molecular complexity index is 726. The Kier molecular flexibility index (Phi) is 3.02. The van der Waals surface area contributed by atoms with E-state index in [-0.39, 0.29) is 4.90 Å². The molecule has 2 aromatic heterocycles. The largest absolute Gasteiger partial charge is 0.311 e. The zero-order chi connectivity index (χ0) is 14.3. The average molecular weight is 296 g/mol. The second kappa shape index (κ2) is 4.60. The van der Waals surface area contributed by atoms with Crippen LogP contribution in [0.15, 0.2) is 4.90 Å². The topological polar surface area (TPSA) is 116 Å². The molecule has 108 valence electrons. The van der Waals surface area contributed by atoms with Gasteiger partial charge in [0, 0.05) is 12.1 Å². The SMILES string of the molecule is Cc1n[nH]c(C)c1S(=O)(=O)Nc1n[nH]c2c1CCNC2. The molecule has 3 heterocycles. The minimum Gasteiger partial charge on any atom is -0.311 e. The summed E-state index contributed by atoms with van der Waals surface area (Å²) in [5.41, 5.74) is 2.81. The first-order chi connectivity index (χ1) is 9.49. The van der Waals surface area contributed by atoms with Gasteiger partial charge in [0.05, 0.1) is 17.1 Å². The van der Waals surface area contributed by atoms with E-state index in [0.29, 0.717) is 23.8 Å². The fourth-order valence-corrected chi connectivity index (χ4v) is 3.85. The van der Waals surface area contributed by atoms with Gasteiger partial charge >= 0.3 is 0 Å². The van der Waals surface area contributed by atoms with Gasteiger partial charge in [-0.1, -0.05) is 0 Å². The lowest BCUT2D eigenvalue weighted by Crippen LogP contribution is -2.24. The normalized spacial score (nSPS) is 15.1. The number of H-pyrrole nitrogens is 2. The van der Waals surface area contributed by atoms with Crippen LogP contribution in [0.1, 0.15) is 22.6 Å². The number of rotatable bonds is 3. The fraction of sp³-hybridized carbons (Fsp3) is 0.455. The third-order valence-corrected chi connectivity index (χ3v) is 4.97. The maximum atomic E-state index is 12.4. The van der Waals surface area contributed by atoms with Crippen LogP contribution >= 0.6 is 0 Å². The van der Waals surface area contributed by atoms with E-state index in [2.05, 4.69) is 30.4 Å². The van der Waals surface area contributed by atoms with Crippen molar-refractivity contribution in [3.8, 4) is 0 Å². The summed E-state index contributed by atoms with van der Waals surface area (Å²) in [5, 5.41) is 16.7. The number of anilines is 1. The van der Waals surface area contributed by atoms with E-state index in [1.54, 1.807) is 13.8 Å². The molecule has 9 heteroatoms. The molecule has 0 spiro atoms. The van der Waals surface area contributed by atoms with E-state index in [4.69, 9.17) is 0 Å². The summed E-state index contributed by atoms with van der Waals surface area (Å²) in [6.45, 7) is 4.82. The van der Waals surface area contributed by atoms with E-state index < -0.39 is 10.0 Å². The van der Waals surface area contributed by atoms with Gasteiger partial charge in [0.2, 0.25) is 0 Å². The minimum atomic E-state index is -3.68. The molecule has 3 rings (SSSR count). The van der Waals surface area contributed by atoms with Crippen molar-refractivity contribution in [2.45, 2.75) is 31.7 Å². The summed E-state index contributed by atoms with van der Waals surface area (Å²) in [4.78, 5) is 0.184. The number of fused-ring (bicyclic) bond motifs is 1. The Morgan fingerprint density at radius 3 is 2.70 bits per heavy atom. The Balaban J connectivity index is 1.97. The first kappa shape index (κ1) is 13.1. The third-order valence-electron chi connectivity index (χ3n) is 3.37. The summed E-state index contributed by atoms with van der Waals surface area (Å²) in [5.74, 6) is 0.376. The molecule has 0 radical (unpaired) electrons. The van der Waals surface area contributed by atoms with Crippen LogP contribution in [0.3, 0.4) is 0 Å². The van der Waals surface area contributed by atoms with Gasteiger partial charge < -0.3 is 5.32 Å². The highest BCUT2D eigenvalue weighted by molar-refractivity contribution is 7.92. The Morgan fingerprint density at radius 1 is 1.20 bits per heavy atom. The van der Waals surface area contributed by atoms with Crippen LogP contribution in [0.5, 0.6) is 0 Å². The molecule has 1 aliphatic heterocycles. The number of hydrogen-bond donors (Lipinski definition) is 4. The predicted octanol–water partition coefficient (Wildman–Crippen LogP) is 0.196. The van der Waals surface area contributed by atoms with Crippen molar-refractivity contribution in [2.75, 3.05) is 11.3 Å². The van der Waals surface area contributed by atoms with Crippen molar-refractivity contribution in [1.82, 2.24) is 25.7 Å². The third kappa shape index (κ3) is 2.08. The van der Waals surface area contributed by atoms with Crippen molar-refractivity contribution in [1.29, 1.82) is 0 Å². The maximum absolute atomic E-state index is 12.4. The fourth-order valence-electron chi connectivity index (χ4n) is 2.44. The van der Waals surface area contributed by atoms with Crippen LogP contribution in [-0.2, 0) is 23.0 Å². The molecule has 0 atom stereocenters. The maximum Gasteiger partial charge on any atom is 0.266 e. The van der Waals surface area contributed by atoms with Crippen LogP contribution in [0.25, 0.3) is 0 Å². The van der Waals surface area contributed by atoms with Gasteiger partial charge in [-0.05, 0) is 26.8 Å². The summed E-state index contributed by atoms with van der Waals surface area (Å²) < 4.78 is 27.4. The number of aromatic nitrogens is 4. The van der Waals surface area contributed by atoms with Crippen molar-refractivity contribution in [3.63, 3.8) is 0 Å². The van der Waals surface area contributed by atoms with Gasteiger partial charge in [0.15, 0.2) is 5.82 Å². The Labute approximate surface area is 116 Å². The van der Waals surface area contributed by atoms with Crippen molar-refractivity contribution in [2.24, 2.45) is 0 Å². The lowest BCUT2D eigenvalue weighted by Gasteiger charge is -2.13. The standard InChI is InChI=1S/C11H16N6O2S/c1-6-10(7(2)14-13-6)20(18,19)17-11-8-3-4-12-5-9(8)15-16-11/h12H,3-5H2,1-2H3,(H,13,14)(H2,15,16,17). The number of aromatic amines is 2. The minimum absolute atomic E-state index is 0.184. The molecule has 0 aromatic carbocycles. The molecule has 0 unspecified atom stereocenters. The smallest absolute Gasteiger partial charge is 0.266 e. The number of nitrogens with zero attached hydrogens (tertiary/aromatic N) is 2. The first-order valence-electron chi connectivity index (χ1n) is 6.30. The highest BCUT2D eigenvalue weighted by Gasteiger charge is 2.26. The van der Waals surface area contributed by atoms with E-state index in [0.717, 1.165) is 24.2 Å². The number of sulfonamides is 1. The second-order valence-corrected chi connectivity index (χ2v) is 6.44. The molecule has 4 N–H and O–H groups in total. The van der Waals surface area contributed by atoms with E-state index in [1.165, 1.54) is 0 Å². The number of hydrogen-bond acceptors (Lipinski definition) is 5. The second-order valence-electron chi connectivity index (χ2n) is 4.82. The molecule has 20 heavy (non-hydrogen) atoms. The molecule has 0 aliphatic carbocycles. The molecule has 0 fully saturated rings. The molecule has 0 bridgehead atoms. The molecular weight excluding hydrogens is 280 g/mol. The molecule has 8 nitrogen and oxygen atoms in total. The van der Waals surface area contributed by atoms with Gasteiger partial charge in [-0.3, -0.25) is 14.9 Å². The zero-order valence-electron chi connectivity index (χ0n) is 11.2. The van der Waals surface area contributed by atoms with Crippen LogP contribution < -0.4 is 10.0 Å². The van der Waals surface area contributed by atoms with Crippen molar-refractivity contribution in [3.05, 3.63) is 22.6 Å². The lowest BCUT2D eigenvalue weighted by atomic mass is 10.1. The summed E-state index contributed by atoms with van der Waals surface area (Å²) in [7, 11) is -3.68. The monoisotopic (exact) mass is 296 g/mol. The summed E-state index contributed by atoms with van der Waals surface area (Å²) in [6.07, 6.45) is 0.743. The van der Waals surface area contributed by atoms with E-state index in [1.807, 2.05) is 0 Å². The predicted molar refractivity (Wildman–Crippen MR) is 72.9 cm³/mol. The van der Waals surface area contributed by atoms with Gasteiger partial charge in [0.1, 0.15) is 4.90 Å². The number of aryl methyl sites for hydroxylation is 2. The van der Waals surface area contributed by atoms with Crippen LogP contribution in [0, 0.1) is 13.8 Å². The number of nitrogens with one attached hydrogen (secondary N) is 4. The summed E-state index contributed by atoms with van der Waals surface area (Å²) >= 11 is 0. The van der Waals surface area contributed by atoms with Gasteiger partial charge in [0.25, 0.3) is 10.0 Å². The molecule has 0 saturated heterocycles. The molecule has 0 amide bonds. The van der Waals surface area contributed by atoms with Crippen molar-refractivity contribution >= 4 is 15.8 Å². The van der Waals surface area contributed by atoms with E-state index in [9.17, 15) is 8.42 Å². The molecule has 0 saturated carbocycles. The highest BCUT2D eigenvalue weighted by atomic mass is 32.2. The quantitative estimate of drug-likeness (QED) is 0.645. The molecular formula is C11H16N6O2S. The average Bonchev–Trinajstić information content (AvgIpc) is 2.94. The Hall–Kier alpha value is -1.87. The van der Waals surface area contributed by atoms with Crippen LogP contribution in [0.2, 0.25) is 0 Å². The van der Waals surface area contributed by atoms with Crippen LogP contribution in [0.4, 0.5) is 5.82 Å². The van der Waals surface area contributed by atoms with E-state index >= 15 is 0 Å². The molecule has 2 aromatic rings. The van der Waals surface area contributed by atoms with Crippen LogP contribution in [-0.4, -0.2) is 35.4 Å². The first-order valence-corrected chi connectivity index (χ1v) is 7.78. The Morgan fingerprint density at radius 2 is 2.00 bits per heavy atom. The van der Waals surface area contributed by atoms with Gasteiger partial charge in [-0.25, -0.2) is 8.42 Å². The van der Waals surface area contributed by atoms with Gasteiger partial charge in [-0.15, -0.1) is 0 Å².